The van der Waals surface area contributed by atoms with Gasteiger partial charge in [-0.1, -0.05) is 12.1 Å². The van der Waals surface area contributed by atoms with Crippen LogP contribution in [0.3, 0.4) is 0 Å². The van der Waals surface area contributed by atoms with Crippen LogP contribution in [-0.4, -0.2) is 11.0 Å². The number of anilines is 1. The molecule has 2 aromatic rings. The third-order valence-corrected chi connectivity index (χ3v) is 5.46. The predicted octanol–water partition coefficient (Wildman–Crippen LogP) is 4.51. The monoisotopic (exact) mass is 411 g/mol. The van der Waals surface area contributed by atoms with Crippen LogP contribution in [0, 0.1) is 6.92 Å². The van der Waals surface area contributed by atoms with Crippen molar-refractivity contribution in [3.8, 4) is 0 Å². The number of carbonyl (C=O) groups excluding carboxylic acids is 1. The Hall–Kier alpha value is -2.39. The first-order valence-corrected chi connectivity index (χ1v) is 9.27. The fraction of sp³-hybridized carbons (Fsp3) is 0.222. The van der Waals surface area contributed by atoms with Gasteiger partial charge in [0.05, 0.1) is 22.9 Å². The molecule has 3 rings (SSSR count). The van der Waals surface area contributed by atoms with Gasteiger partial charge in [0.1, 0.15) is 0 Å². The Morgan fingerprint density at radius 3 is 2.56 bits per heavy atom. The molecule has 0 saturated heterocycles. The molecule has 0 unspecified atom stereocenters. The van der Waals surface area contributed by atoms with E-state index in [4.69, 9.17) is 12.2 Å². The van der Waals surface area contributed by atoms with Crippen molar-refractivity contribution in [2.45, 2.75) is 26.1 Å². The largest absolute Gasteiger partial charge is 0.418 e. The van der Waals surface area contributed by atoms with Gasteiger partial charge in [-0.15, -0.1) is 11.3 Å². The average Bonchev–Trinajstić information content (AvgIpc) is 2.99. The maximum Gasteiger partial charge on any atom is 0.418 e. The molecule has 1 aliphatic rings. The highest BCUT2D eigenvalue weighted by Gasteiger charge is 2.35. The number of rotatable bonds is 3. The van der Waals surface area contributed by atoms with E-state index in [-0.39, 0.29) is 5.69 Å². The summed E-state index contributed by atoms with van der Waals surface area (Å²) >= 11 is 6.63. The molecule has 0 aliphatic carbocycles. The van der Waals surface area contributed by atoms with Crippen molar-refractivity contribution in [3.63, 3.8) is 0 Å². The second-order valence-electron chi connectivity index (χ2n) is 6.04. The topological polar surface area (TPSA) is 53.2 Å². The first-order chi connectivity index (χ1) is 12.7. The van der Waals surface area contributed by atoms with Gasteiger partial charge in [0.2, 0.25) is 0 Å². The average molecular weight is 411 g/mol. The highest BCUT2D eigenvalue weighted by atomic mass is 32.1. The number of nitrogens with one attached hydrogen (secondary N) is 3. The zero-order chi connectivity index (χ0) is 19.8. The quantitative estimate of drug-likeness (QED) is 0.651. The van der Waals surface area contributed by atoms with Gasteiger partial charge in [0.25, 0.3) is 5.91 Å². The minimum Gasteiger partial charge on any atom is -0.350 e. The number of allylic oxidation sites excluding steroid dienone is 1. The van der Waals surface area contributed by atoms with Crippen LogP contribution < -0.4 is 16.0 Å². The minimum atomic E-state index is -4.57. The second-order valence-corrected chi connectivity index (χ2v) is 7.39. The number of hydrogen-bond donors (Lipinski definition) is 3. The molecule has 3 N–H and O–H groups in total. The standard InChI is InChI=1S/C18H16F3N3OS2/c1-9-7-8-27-15(9)14-13(10(2)22-17(26)24-14)16(25)23-12-6-4-3-5-11(12)18(19,20)21/h3-8,14H,1-2H3,(H,23,25)(H2,22,24,26)/t14-/m0/s1. The molecule has 142 valence electrons. The van der Waals surface area contributed by atoms with Crippen LogP contribution in [0.1, 0.15) is 29.0 Å². The molecule has 27 heavy (non-hydrogen) atoms. The molecule has 0 radical (unpaired) electrons. The van der Waals surface area contributed by atoms with Crippen molar-refractivity contribution in [3.05, 3.63) is 63.0 Å². The second kappa shape index (κ2) is 7.32. The lowest BCUT2D eigenvalue weighted by Gasteiger charge is -2.30. The number of amides is 1. The fourth-order valence-electron chi connectivity index (χ4n) is 2.90. The molecular formula is C18H16F3N3OS2. The molecule has 9 heteroatoms. The summed E-state index contributed by atoms with van der Waals surface area (Å²) in [6.07, 6.45) is -4.57. The number of halogens is 3. The fourth-order valence-corrected chi connectivity index (χ4v) is 4.16. The van der Waals surface area contributed by atoms with Crippen LogP contribution in [0.15, 0.2) is 47.0 Å². The predicted molar refractivity (Wildman–Crippen MR) is 103 cm³/mol. The van der Waals surface area contributed by atoms with Crippen molar-refractivity contribution in [1.82, 2.24) is 10.6 Å². The summed E-state index contributed by atoms with van der Waals surface area (Å²) < 4.78 is 39.7. The Morgan fingerprint density at radius 2 is 1.93 bits per heavy atom. The third-order valence-electron chi connectivity index (χ3n) is 4.16. The summed E-state index contributed by atoms with van der Waals surface area (Å²) in [5.41, 5.74) is 0.582. The van der Waals surface area contributed by atoms with Gasteiger partial charge < -0.3 is 16.0 Å². The van der Waals surface area contributed by atoms with Gasteiger partial charge >= 0.3 is 6.18 Å². The maximum atomic E-state index is 13.2. The van der Waals surface area contributed by atoms with Crippen molar-refractivity contribution in [1.29, 1.82) is 0 Å². The zero-order valence-electron chi connectivity index (χ0n) is 14.4. The van der Waals surface area contributed by atoms with Gasteiger partial charge in [-0.3, -0.25) is 4.79 Å². The molecule has 0 bridgehead atoms. The highest BCUT2D eigenvalue weighted by Crippen LogP contribution is 2.36. The molecule has 1 amide bonds. The molecule has 4 nitrogen and oxygen atoms in total. The normalized spacial score (nSPS) is 17.4. The zero-order valence-corrected chi connectivity index (χ0v) is 16.0. The Labute approximate surface area is 163 Å². The Bertz CT molecular complexity index is 934. The molecule has 1 aromatic heterocycles. The number of carbonyl (C=O) groups is 1. The number of thiophene rings is 1. The van der Waals surface area contributed by atoms with Crippen molar-refractivity contribution in [2.24, 2.45) is 0 Å². The molecular weight excluding hydrogens is 395 g/mol. The van der Waals surface area contributed by atoms with Crippen LogP contribution >= 0.6 is 23.6 Å². The minimum absolute atomic E-state index is 0.287. The van der Waals surface area contributed by atoms with Crippen molar-refractivity contribution in [2.75, 3.05) is 5.32 Å². The van der Waals surface area contributed by atoms with E-state index in [1.54, 1.807) is 6.92 Å². The summed E-state index contributed by atoms with van der Waals surface area (Å²) in [6, 6.07) is 6.27. The van der Waals surface area contributed by atoms with Gasteiger partial charge in [-0.2, -0.15) is 13.2 Å². The van der Waals surface area contributed by atoms with E-state index in [2.05, 4.69) is 16.0 Å². The van der Waals surface area contributed by atoms with Crippen LogP contribution in [0.4, 0.5) is 18.9 Å². The molecule has 1 atom stereocenters. The maximum absolute atomic E-state index is 13.2. The molecule has 0 spiro atoms. The van der Waals surface area contributed by atoms with Gasteiger partial charge in [-0.25, -0.2) is 0 Å². The number of thiocarbonyl (C=S) groups is 1. The van der Waals surface area contributed by atoms with E-state index >= 15 is 0 Å². The Morgan fingerprint density at radius 1 is 1.22 bits per heavy atom. The number of benzene rings is 1. The summed E-state index contributed by atoms with van der Waals surface area (Å²) in [4.78, 5) is 13.8. The van der Waals surface area contributed by atoms with E-state index in [0.717, 1.165) is 16.5 Å². The Kier molecular flexibility index (Phi) is 5.25. The van der Waals surface area contributed by atoms with Crippen LogP contribution in [0.25, 0.3) is 0 Å². The molecule has 0 saturated carbocycles. The molecule has 1 aromatic carbocycles. The van der Waals surface area contributed by atoms with Crippen LogP contribution in [-0.2, 0) is 11.0 Å². The van der Waals surface area contributed by atoms with Crippen molar-refractivity contribution >= 4 is 40.3 Å². The summed E-state index contributed by atoms with van der Waals surface area (Å²) in [7, 11) is 0. The number of alkyl halides is 3. The lowest BCUT2D eigenvalue weighted by molar-refractivity contribution is -0.137. The van der Waals surface area contributed by atoms with Gasteiger partial charge in [-0.05, 0) is 55.2 Å². The molecule has 0 fully saturated rings. The number of hydrogen-bond acceptors (Lipinski definition) is 3. The van der Waals surface area contributed by atoms with E-state index < -0.39 is 23.7 Å². The van der Waals surface area contributed by atoms with Crippen molar-refractivity contribution < 1.29 is 18.0 Å². The number of aryl methyl sites for hydroxylation is 1. The summed E-state index contributed by atoms with van der Waals surface area (Å²) in [5, 5.41) is 10.6. The molecule has 2 heterocycles. The van der Waals surface area contributed by atoms with Crippen LogP contribution in [0.2, 0.25) is 0 Å². The van der Waals surface area contributed by atoms with E-state index in [9.17, 15) is 18.0 Å². The third kappa shape index (κ3) is 3.98. The van der Waals surface area contributed by atoms with Crippen LogP contribution in [0.5, 0.6) is 0 Å². The lowest BCUT2D eigenvalue weighted by atomic mass is 9.98. The first-order valence-electron chi connectivity index (χ1n) is 7.98. The van der Waals surface area contributed by atoms with E-state index in [0.29, 0.717) is 16.4 Å². The van der Waals surface area contributed by atoms with E-state index in [1.165, 1.54) is 29.5 Å². The van der Waals surface area contributed by atoms with E-state index in [1.807, 2.05) is 18.4 Å². The van der Waals surface area contributed by atoms with Gasteiger partial charge in [0, 0.05) is 10.6 Å². The highest BCUT2D eigenvalue weighted by molar-refractivity contribution is 7.80. The SMILES string of the molecule is CC1=C(C(=O)Nc2ccccc2C(F)(F)F)[C@@H](c2sccc2C)NC(=S)N1. The van der Waals surface area contributed by atoms with Gasteiger partial charge in [0.15, 0.2) is 5.11 Å². The summed E-state index contributed by atoms with van der Waals surface area (Å²) in [6.45, 7) is 3.58. The smallest absolute Gasteiger partial charge is 0.350 e. The number of para-hydroxylation sites is 1. The Balaban J connectivity index is 1.99. The molecule has 1 aliphatic heterocycles. The lowest BCUT2D eigenvalue weighted by Crippen LogP contribution is -2.45. The first kappa shape index (κ1) is 19.4. The summed E-state index contributed by atoms with van der Waals surface area (Å²) in [5.74, 6) is -0.621.